The summed E-state index contributed by atoms with van der Waals surface area (Å²) in [4.78, 5) is 11.3. The van der Waals surface area contributed by atoms with E-state index in [4.69, 9.17) is 10.5 Å². The first kappa shape index (κ1) is 12.4. The van der Waals surface area contributed by atoms with Crippen molar-refractivity contribution in [2.45, 2.75) is 39.3 Å². The number of ether oxygens (including phenoxy) is 1. The number of hydrogen-bond donors (Lipinski definition) is 2. The molecule has 0 aliphatic heterocycles. The summed E-state index contributed by atoms with van der Waals surface area (Å²) in [5.41, 5.74) is 4.87. The van der Waals surface area contributed by atoms with Crippen molar-refractivity contribution in [1.29, 1.82) is 0 Å². The minimum Gasteiger partial charge on any atom is -0.459 e. The molecule has 0 amide bonds. The van der Waals surface area contributed by atoms with Gasteiger partial charge in [-0.15, -0.1) is 0 Å². The quantitative estimate of drug-likeness (QED) is 0.621. The molecule has 0 rings (SSSR count). The summed E-state index contributed by atoms with van der Waals surface area (Å²) in [6.45, 7) is 8.46. The summed E-state index contributed by atoms with van der Waals surface area (Å²) in [6.07, 6.45) is 0. The van der Waals surface area contributed by atoms with E-state index in [1.165, 1.54) is 0 Å². The molecule has 0 radical (unpaired) electrons. The first-order valence-corrected chi connectivity index (χ1v) is 4.53. The summed E-state index contributed by atoms with van der Waals surface area (Å²) in [7, 11) is 0. The maximum absolute atomic E-state index is 11.3. The molecule has 3 N–H and O–H groups in total. The Morgan fingerprint density at radius 2 is 2.08 bits per heavy atom. The number of carbonyl (C=O) groups is 1. The second kappa shape index (κ2) is 5.19. The van der Waals surface area contributed by atoms with Crippen LogP contribution in [-0.2, 0) is 9.53 Å². The van der Waals surface area contributed by atoms with Crippen LogP contribution in [0.1, 0.15) is 27.7 Å². The van der Waals surface area contributed by atoms with Crippen LogP contribution in [0.15, 0.2) is 0 Å². The van der Waals surface area contributed by atoms with Gasteiger partial charge in [0, 0.05) is 13.1 Å². The van der Waals surface area contributed by atoms with E-state index in [1.54, 1.807) is 6.92 Å². The van der Waals surface area contributed by atoms with Crippen molar-refractivity contribution < 1.29 is 9.53 Å². The van der Waals surface area contributed by atoms with Gasteiger partial charge in [0.2, 0.25) is 0 Å². The molecule has 1 atom stereocenters. The molecule has 78 valence electrons. The van der Waals surface area contributed by atoms with Gasteiger partial charge >= 0.3 is 5.97 Å². The van der Waals surface area contributed by atoms with Crippen LogP contribution < -0.4 is 11.1 Å². The average molecular weight is 188 g/mol. The van der Waals surface area contributed by atoms with Crippen LogP contribution in [0.25, 0.3) is 0 Å². The lowest BCUT2D eigenvalue weighted by atomic mass is 10.2. The third kappa shape index (κ3) is 6.54. The normalized spacial score (nSPS) is 13.9. The van der Waals surface area contributed by atoms with Crippen LogP contribution in [0.4, 0.5) is 0 Å². The third-order valence-electron chi connectivity index (χ3n) is 1.36. The highest BCUT2D eigenvalue weighted by Crippen LogP contribution is 2.07. The fourth-order valence-corrected chi connectivity index (χ4v) is 0.773. The van der Waals surface area contributed by atoms with Crippen molar-refractivity contribution in [2.75, 3.05) is 13.1 Å². The Morgan fingerprint density at radius 3 is 2.46 bits per heavy atom. The second-order valence-electron chi connectivity index (χ2n) is 4.00. The van der Waals surface area contributed by atoms with E-state index >= 15 is 0 Å². The molecule has 0 aromatic rings. The van der Waals surface area contributed by atoms with Gasteiger partial charge in [-0.25, -0.2) is 0 Å². The summed E-state index contributed by atoms with van der Waals surface area (Å²) in [5.74, 6) is -0.235. The van der Waals surface area contributed by atoms with Crippen LogP contribution in [0.3, 0.4) is 0 Å². The fraction of sp³-hybridized carbons (Fsp3) is 0.889. The first-order chi connectivity index (χ1) is 5.87. The van der Waals surface area contributed by atoms with E-state index < -0.39 is 5.60 Å². The predicted molar refractivity (Wildman–Crippen MR) is 52.4 cm³/mol. The molecule has 0 fully saturated rings. The Labute approximate surface area is 79.8 Å². The van der Waals surface area contributed by atoms with Crippen LogP contribution in [0.5, 0.6) is 0 Å². The zero-order valence-corrected chi connectivity index (χ0v) is 8.89. The van der Waals surface area contributed by atoms with Crippen LogP contribution >= 0.6 is 0 Å². The van der Waals surface area contributed by atoms with Gasteiger partial charge in [0.15, 0.2) is 0 Å². The number of rotatable bonds is 4. The number of hydrogen-bond acceptors (Lipinski definition) is 4. The van der Waals surface area contributed by atoms with E-state index in [9.17, 15) is 4.79 Å². The van der Waals surface area contributed by atoms with Gasteiger partial charge in [0.05, 0.1) is 0 Å². The van der Waals surface area contributed by atoms with E-state index in [1.807, 2.05) is 20.8 Å². The highest BCUT2D eigenvalue weighted by atomic mass is 16.6. The Balaban J connectivity index is 3.83. The molecule has 0 unspecified atom stereocenters. The number of carbonyl (C=O) groups excluding carboxylic acids is 1. The minimum atomic E-state index is -0.421. The second-order valence-corrected chi connectivity index (χ2v) is 4.00. The van der Waals surface area contributed by atoms with Gasteiger partial charge in [0.1, 0.15) is 11.6 Å². The highest BCUT2D eigenvalue weighted by molar-refractivity contribution is 5.75. The van der Waals surface area contributed by atoms with Gasteiger partial charge in [-0.3, -0.25) is 4.79 Å². The topological polar surface area (TPSA) is 64.3 Å². The molecule has 13 heavy (non-hydrogen) atoms. The Bertz CT molecular complexity index is 163. The summed E-state index contributed by atoms with van der Waals surface area (Å²) in [6, 6.07) is -0.289. The molecule has 0 heterocycles. The molecule has 4 heteroatoms. The Morgan fingerprint density at radius 1 is 1.54 bits per heavy atom. The minimum absolute atomic E-state index is 0.235. The molecule has 0 aliphatic rings. The molecule has 0 aromatic heterocycles. The lowest BCUT2D eigenvalue weighted by molar-refractivity contribution is -0.156. The monoisotopic (exact) mass is 188 g/mol. The lowest BCUT2D eigenvalue weighted by Crippen LogP contribution is -2.41. The molecule has 0 spiro atoms. The third-order valence-corrected chi connectivity index (χ3v) is 1.36. The van der Waals surface area contributed by atoms with Gasteiger partial charge in [0.25, 0.3) is 0 Å². The maximum Gasteiger partial charge on any atom is 0.323 e. The standard InChI is InChI=1S/C9H20N2O2/c1-7(11-6-5-10)8(12)13-9(2,3)4/h7,11H,5-6,10H2,1-4H3/t7-/m0/s1. The smallest absolute Gasteiger partial charge is 0.323 e. The van der Waals surface area contributed by atoms with Crippen molar-refractivity contribution in [3.05, 3.63) is 0 Å². The maximum atomic E-state index is 11.3. The van der Waals surface area contributed by atoms with Crippen LogP contribution in [0, 0.1) is 0 Å². The largest absolute Gasteiger partial charge is 0.459 e. The molecule has 0 aromatic carbocycles. The molecule has 4 nitrogen and oxygen atoms in total. The SMILES string of the molecule is C[C@H](NCCN)C(=O)OC(C)(C)C. The van der Waals surface area contributed by atoms with E-state index in [2.05, 4.69) is 5.32 Å². The molecule has 0 bridgehead atoms. The lowest BCUT2D eigenvalue weighted by Gasteiger charge is -2.22. The molecule has 0 saturated carbocycles. The number of esters is 1. The van der Waals surface area contributed by atoms with Crippen LogP contribution in [-0.4, -0.2) is 30.7 Å². The summed E-state index contributed by atoms with van der Waals surface area (Å²) in [5, 5.41) is 2.96. The Kier molecular flexibility index (Phi) is 4.95. The van der Waals surface area contributed by atoms with Gasteiger partial charge in [-0.2, -0.15) is 0 Å². The number of nitrogens with two attached hydrogens (primary N) is 1. The van der Waals surface area contributed by atoms with Crippen molar-refractivity contribution in [3.63, 3.8) is 0 Å². The predicted octanol–water partition coefficient (Wildman–Crippen LogP) is 0.265. The highest BCUT2D eigenvalue weighted by Gasteiger charge is 2.20. The van der Waals surface area contributed by atoms with Crippen LogP contribution in [0.2, 0.25) is 0 Å². The molecular weight excluding hydrogens is 168 g/mol. The van der Waals surface area contributed by atoms with Gasteiger partial charge < -0.3 is 15.8 Å². The zero-order valence-electron chi connectivity index (χ0n) is 8.89. The summed E-state index contributed by atoms with van der Waals surface area (Å²) < 4.78 is 5.15. The summed E-state index contributed by atoms with van der Waals surface area (Å²) >= 11 is 0. The average Bonchev–Trinajstić information content (AvgIpc) is 1.96. The van der Waals surface area contributed by atoms with E-state index in [-0.39, 0.29) is 12.0 Å². The Hall–Kier alpha value is -0.610. The van der Waals surface area contributed by atoms with Crippen molar-refractivity contribution in [2.24, 2.45) is 5.73 Å². The van der Waals surface area contributed by atoms with Crippen molar-refractivity contribution >= 4 is 5.97 Å². The van der Waals surface area contributed by atoms with E-state index in [0.29, 0.717) is 13.1 Å². The molecule has 0 aliphatic carbocycles. The zero-order chi connectivity index (χ0) is 10.5. The number of nitrogens with one attached hydrogen (secondary N) is 1. The van der Waals surface area contributed by atoms with Gasteiger partial charge in [-0.05, 0) is 27.7 Å². The van der Waals surface area contributed by atoms with Crippen molar-refractivity contribution in [1.82, 2.24) is 5.32 Å². The van der Waals surface area contributed by atoms with Crippen molar-refractivity contribution in [3.8, 4) is 0 Å². The fourth-order valence-electron chi connectivity index (χ4n) is 0.773. The van der Waals surface area contributed by atoms with E-state index in [0.717, 1.165) is 0 Å². The first-order valence-electron chi connectivity index (χ1n) is 4.53. The molecular formula is C9H20N2O2. The molecule has 0 saturated heterocycles. The van der Waals surface area contributed by atoms with Gasteiger partial charge in [-0.1, -0.05) is 0 Å².